The molecule has 0 aromatic heterocycles. The van der Waals surface area contributed by atoms with Crippen LogP contribution in [0.4, 0.5) is 0 Å². The van der Waals surface area contributed by atoms with Gasteiger partial charge in [-0.3, -0.25) is 0 Å². The van der Waals surface area contributed by atoms with Gasteiger partial charge < -0.3 is 24.8 Å². The van der Waals surface area contributed by atoms with Crippen LogP contribution >= 0.6 is 0 Å². The minimum Gasteiger partial charge on any atom is -0.214 e. The molecule has 2 aliphatic rings. The predicted molar refractivity (Wildman–Crippen MR) is 141 cm³/mol. The molecule has 0 nitrogen and oxygen atoms in total. The van der Waals surface area contributed by atoms with Crippen LogP contribution in [0.3, 0.4) is 0 Å². The first-order chi connectivity index (χ1) is 15.6. The Kier molecular flexibility index (Phi) is 13.0. The van der Waals surface area contributed by atoms with E-state index in [4.69, 9.17) is 0 Å². The molecule has 2 aliphatic carbocycles. The summed E-state index contributed by atoms with van der Waals surface area (Å²) < 4.78 is 1.85. The van der Waals surface area contributed by atoms with Crippen LogP contribution in [0.25, 0.3) is 11.1 Å². The number of rotatable bonds is 0. The quantitative estimate of drug-likeness (QED) is 0.199. The van der Waals surface area contributed by atoms with Crippen molar-refractivity contribution in [2.24, 2.45) is 0 Å². The smallest absolute Gasteiger partial charge is 0.172 e. The minimum atomic E-state index is 0. The Bertz CT molecular complexity index is 963. The maximum absolute atomic E-state index is 3.67. The average Bonchev–Trinajstić information content (AvgIpc) is 3.44. The van der Waals surface area contributed by atoms with Crippen molar-refractivity contribution in [1.29, 1.82) is 0 Å². The van der Waals surface area contributed by atoms with Crippen LogP contribution in [-0.4, -0.2) is 3.26 Å². The molecule has 0 amide bonds. The Balaban J connectivity index is 0.000000360. The van der Waals surface area contributed by atoms with Crippen LogP contribution in [0.5, 0.6) is 0 Å². The molecule has 3 aromatic rings. The molecule has 0 saturated heterocycles. The number of fused-ring (bicyclic) bond motifs is 3. The number of hydrogen-bond acceptors (Lipinski definition) is 0. The van der Waals surface area contributed by atoms with E-state index in [0.29, 0.717) is 0 Å². The van der Waals surface area contributed by atoms with Gasteiger partial charge in [0.05, 0.1) is 0 Å². The van der Waals surface area contributed by atoms with Crippen LogP contribution in [0.15, 0.2) is 60.7 Å². The first-order valence-electron chi connectivity index (χ1n) is 12.5. The Hall–Kier alpha value is -0.890. The Labute approximate surface area is 241 Å². The summed E-state index contributed by atoms with van der Waals surface area (Å²) in [5.74, 6) is 0. The van der Waals surface area contributed by atoms with Gasteiger partial charge in [0.2, 0.25) is 0 Å². The standard InChI is InChI=1S/C21H25.C6H10.C5H5.2ClH.Hf/c1-20(2,3)16-7-9-18-14(12-16)11-15-13-17(21(4,5)6)8-10-19(15)18;1-2-4-6-5-3-1;1-2-4-5-3-1;;;/h7-10,12H,11H2,1-6H3;1-5H2;1-5H;2*1H;/q-1;;-1;;;+2/p-2. The second kappa shape index (κ2) is 14.2. The van der Waals surface area contributed by atoms with E-state index >= 15 is 0 Å². The largest absolute Gasteiger partial charge is 0.214 e. The van der Waals surface area contributed by atoms with Gasteiger partial charge in [-0.05, 0) is 28.4 Å². The van der Waals surface area contributed by atoms with Crippen molar-refractivity contribution < 1.29 is 48.7 Å². The third kappa shape index (κ3) is 9.49. The van der Waals surface area contributed by atoms with E-state index < -0.39 is 0 Å². The third-order valence-corrected chi connectivity index (χ3v) is 8.27. The molecule has 35 heavy (non-hydrogen) atoms. The maximum Gasteiger partial charge on any atom is -0.172 e. The van der Waals surface area contributed by atoms with E-state index in [9.17, 15) is 0 Å². The molecule has 0 radical (unpaired) electrons. The van der Waals surface area contributed by atoms with Crippen LogP contribution in [-0.2, 0) is 41.1 Å². The van der Waals surface area contributed by atoms with Crippen molar-refractivity contribution in [3.05, 3.63) is 89.0 Å². The van der Waals surface area contributed by atoms with Crippen LogP contribution < -0.4 is 24.8 Å². The van der Waals surface area contributed by atoms with Gasteiger partial charge in [0.1, 0.15) is 0 Å². The summed E-state index contributed by atoms with van der Waals surface area (Å²) in [5.41, 5.74) is 8.70. The number of benzene rings is 2. The fourth-order valence-corrected chi connectivity index (χ4v) is 5.60. The molecule has 0 heterocycles. The van der Waals surface area contributed by atoms with E-state index in [-0.39, 0.29) is 35.6 Å². The van der Waals surface area contributed by atoms with Crippen LogP contribution in [0, 0.1) is 6.07 Å². The van der Waals surface area contributed by atoms with E-state index in [1.54, 1.807) is 0 Å². The fourth-order valence-electron chi connectivity index (χ4n) is 4.33. The molecule has 0 atom stereocenters. The van der Waals surface area contributed by atoms with E-state index in [2.05, 4.69) is 77.9 Å². The summed E-state index contributed by atoms with van der Waals surface area (Å²) in [4.78, 5) is 0. The van der Waals surface area contributed by atoms with Gasteiger partial charge in [-0.15, -0.1) is 11.1 Å². The Morgan fingerprint density at radius 1 is 0.771 bits per heavy atom. The summed E-state index contributed by atoms with van der Waals surface area (Å²) in [7, 11) is 0. The third-order valence-electron chi connectivity index (χ3n) is 6.48. The number of halogens is 2. The zero-order chi connectivity index (χ0) is 24.1. The molecule has 0 N–H and O–H groups in total. The van der Waals surface area contributed by atoms with Gasteiger partial charge in [0.15, 0.2) is 0 Å². The predicted octanol–water partition coefficient (Wildman–Crippen LogP) is 2.74. The summed E-state index contributed by atoms with van der Waals surface area (Å²) >= 11 is 1.37. The Morgan fingerprint density at radius 2 is 1.37 bits per heavy atom. The SMILES string of the molecule is CC(C)(C)c1[c-]c2c(cc1)-c1ccc(C(C)(C)C)cc1C2.[Cl-].[Cl-].[Hf+2]=[C]1CCCCC1.c1cc[cH-]c1. The Morgan fingerprint density at radius 3 is 1.83 bits per heavy atom. The molecule has 188 valence electrons. The van der Waals surface area contributed by atoms with Crippen LogP contribution in [0.2, 0.25) is 0 Å². The molecule has 0 bridgehead atoms. The second-order valence-electron chi connectivity index (χ2n) is 11.4. The summed E-state index contributed by atoms with van der Waals surface area (Å²) in [5, 5.41) is 0. The molecule has 1 fully saturated rings. The topological polar surface area (TPSA) is 0 Å². The monoisotopic (exact) mass is 674 g/mol. The van der Waals surface area contributed by atoms with Gasteiger partial charge in [-0.1, -0.05) is 65.3 Å². The first-order valence-corrected chi connectivity index (χ1v) is 14.3. The molecular formula is C32H40Cl2Hf-2. The molecule has 0 aliphatic heterocycles. The average molecular weight is 674 g/mol. The van der Waals surface area contributed by atoms with E-state index in [1.807, 2.05) is 33.6 Å². The first kappa shape index (κ1) is 32.1. The summed E-state index contributed by atoms with van der Waals surface area (Å²) in [6, 6.07) is 25.2. The molecule has 1 saturated carbocycles. The molecule has 5 rings (SSSR count). The molecular weight excluding hydrogens is 634 g/mol. The zero-order valence-corrected chi connectivity index (χ0v) is 27.4. The van der Waals surface area contributed by atoms with Crippen molar-refractivity contribution in [3.63, 3.8) is 0 Å². The maximum atomic E-state index is 3.67. The number of hydrogen-bond donors (Lipinski definition) is 0. The molecule has 0 spiro atoms. The van der Waals surface area contributed by atoms with Gasteiger partial charge in [0.25, 0.3) is 0 Å². The minimum absolute atomic E-state index is 0. The fraction of sp³-hybridized carbons (Fsp3) is 0.438. The summed E-state index contributed by atoms with van der Waals surface area (Å²) in [6.07, 6.45) is 8.42. The van der Waals surface area contributed by atoms with Crippen LogP contribution in [0.1, 0.15) is 95.9 Å². The molecule has 0 unspecified atom stereocenters. The summed E-state index contributed by atoms with van der Waals surface area (Å²) in [6.45, 7) is 13.6. The van der Waals surface area contributed by atoms with Gasteiger partial charge >= 0.3 is 59.3 Å². The zero-order valence-electron chi connectivity index (χ0n) is 22.3. The second-order valence-corrected chi connectivity index (χ2v) is 14.0. The van der Waals surface area contributed by atoms with Gasteiger partial charge in [-0.2, -0.15) is 42.0 Å². The van der Waals surface area contributed by atoms with Gasteiger partial charge in [0, 0.05) is 0 Å². The van der Waals surface area contributed by atoms with Crippen molar-refractivity contribution in [3.8, 4) is 11.1 Å². The molecule has 3 heteroatoms. The van der Waals surface area contributed by atoms with Crippen molar-refractivity contribution in [1.82, 2.24) is 0 Å². The van der Waals surface area contributed by atoms with Crippen molar-refractivity contribution >= 4 is 3.26 Å². The van der Waals surface area contributed by atoms with Crippen molar-refractivity contribution in [2.45, 2.75) is 90.9 Å². The molecule has 3 aromatic carbocycles. The van der Waals surface area contributed by atoms with E-state index in [1.165, 1.54) is 89.4 Å². The normalized spacial score (nSPS) is 14.1. The van der Waals surface area contributed by atoms with Gasteiger partial charge in [-0.25, -0.2) is 12.1 Å². The van der Waals surface area contributed by atoms with Crippen molar-refractivity contribution in [2.75, 3.05) is 0 Å². The van der Waals surface area contributed by atoms with E-state index in [0.717, 1.165) is 6.42 Å².